The monoisotopic (exact) mass is 347 g/mol. The molecule has 0 aromatic heterocycles. The summed E-state index contributed by atoms with van der Waals surface area (Å²) in [6.07, 6.45) is 5.80. The van der Waals surface area contributed by atoms with Crippen molar-refractivity contribution >= 4 is 6.09 Å². The molecule has 1 aliphatic carbocycles. The predicted octanol–water partition coefficient (Wildman–Crippen LogP) is 6.42. The highest BCUT2D eigenvalue weighted by Gasteiger charge is 2.33. The van der Waals surface area contributed by atoms with Gasteiger partial charge in [-0.15, -0.1) is 0 Å². The Hall–Kier alpha value is -1.51. The minimum atomic E-state index is -0.454. The Morgan fingerprint density at radius 1 is 1.12 bits per heavy atom. The molecule has 3 nitrogen and oxygen atoms in total. The van der Waals surface area contributed by atoms with Gasteiger partial charge in [0.15, 0.2) is 0 Å². The van der Waals surface area contributed by atoms with Crippen LogP contribution in [-0.2, 0) is 11.3 Å². The number of hydrogen-bond donors (Lipinski definition) is 0. The number of benzene rings is 1. The van der Waals surface area contributed by atoms with E-state index < -0.39 is 5.60 Å². The van der Waals surface area contributed by atoms with Crippen LogP contribution in [0.15, 0.2) is 30.3 Å². The number of carbonyl (C=O) groups is 1. The van der Waals surface area contributed by atoms with E-state index in [1.807, 2.05) is 43.9 Å². The highest BCUT2D eigenvalue weighted by atomic mass is 16.6. The van der Waals surface area contributed by atoms with E-state index in [0.717, 1.165) is 12.0 Å². The lowest BCUT2D eigenvalue weighted by atomic mass is 9.85. The molecule has 0 heterocycles. The van der Waals surface area contributed by atoms with Gasteiger partial charge in [-0.1, -0.05) is 70.4 Å². The van der Waals surface area contributed by atoms with Gasteiger partial charge in [-0.3, -0.25) is 0 Å². The van der Waals surface area contributed by atoms with Crippen molar-refractivity contribution in [2.45, 2.75) is 91.8 Å². The molecule has 0 radical (unpaired) electrons. The van der Waals surface area contributed by atoms with Crippen LogP contribution >= 0.6 is 0 Å². The zero-order chi connectivity index (χ0) is 18.9. The second-order valence-electron chi connectivity index (χ2n) is 8.13. The van der Waals surface area contributed by atoms with Crippen molar-refractivity contribution in [3.63, 3.8) is 0 Å². The first-order chi connectivity index (χ1) is 11.8. The maximum Gasteiger partial charge on any atom is 0.410 e. The smallest absolute Gasteiger partial charge is 0.410 e. The normalized spacial score (nSPS) is 20.2. The average molecular weight is 348 g/mol. The number of rotatable bonds is 3. The molecule has 1 aliphatic rings. The van der Waals surface area contributed by atoms with Crippen LogP contribution in [0.4, 0.5) is 4.79 Å². The Labute approximate surface area is 154 Å². The number of nitrogens with zero attached hydrogens (tertiary/aromatic N) is 1. The van der Waals surface area contributed by atoms with Gasteiger partial charge in [0.25, 0.3) is 0 Å². The number of carbonyl (C=O) groups excluding carboxylic acids is 1. The Kier molecular flexibility index (Phi) is 9.02. The molecule has 0 N–H and O–H groups in total. The molecule has 1 saturated carbocycles. The van der Waals surface area contributed by atoms with E-state index in [9.17, 15) is 4.79 Å². The molecule has 0 aliphatic heterocycles. The van der Waals surface area contributed by atoms with Gasteiger partial charge in [0.2, 0.25) is 0 Å². The van der Waals surface area contributed by atoms with Crippen molar-refractivity contribution < 1.29 is 9.53 Å². The summed E-state index contributed by atoms with van der Waals surface area (Å²) in [6.45, 7) is 12.9. The lowest BCUT2D eigenvalue weighted by Gasteiger charge is -2.39. The van der Waals surface area contributed by atoms with Gasteiger partial charge in [0, 0.05) is 12.6 Å². The third kappa shape index (κ3) is 7.94. The fourth-order valence-electron chi connectivity index (χ4n) is 3.18. The summed E-state index contributed by atoms with van der Waals surface area (Å²) in [5.74, 6) is 0.532. The molecular weight excluding hydrogens is 310 g/mol. The van der Waals surface area contributed by atoms with Gasteiger partial charge in [-0.25, -0.2) is 4.79 Å². The quantitative estimate of drug-likeness (QED) is 0.631. The summed E-state index contributed by atoms with van der Waals surface area (Å²) in [6, 6.07) is 10.5. The van der Waals surface area contributed by atoms with Gasteiger partial charge in [0.1, 0.15) is 5.60 Å². The first kappa shape index (κ1) is 21.5. The molecule has 0 saturated heterocycles. The molecule has 1 aromatic carbocycles. The van der Waals surface area contributed by atoms with Gasteiger partial charge in [0.05, 0.1) is 0 Å². The molecule has 0 spiro atoms. The third-order valence-electron chi connectivity index (χ3n) is 4.29. The van der Waals surface area contributed by atoms with E-state index in [4.69, 9.17) is 4.74 Å². The summed E-state index contributed by atoms with van der Waals surface area (Å²) in [4.78, 5) is 14.7. The van der Waals surface area contributed by atoms with Gasteiger partial charge < -0.3 is 9.64 Å². The topological polar surface area (TPSA) is 29.5 Å². The summed E-state index contributed by atoms with van der Waals surface area (Å²) >= 11 is 0. The summed E-state index contributed by atoms with van der Waals surface area (Å²) < 4.78 is 5.66. The highest BCUT2D eigenvalue weighted by Crippen LogP contribution is 2.30. The van der Waals surface area contributed by atoms with Crippen LogP contribution in [0.2, 0.25) is 0 Å². The van der Waals surface area contributed by atoms with Crippen molar-refractivity contribution in [3.8, 4) is 0 Å². The fraction of sp³-hybridized carbons (Fsp3) is 0.682. The van der Waals surface area contributed by atoms with Crippen molar-refractivity contribution in [1.82, 2.24) is 4.90 Å². The Morgan fingerprint density at radius 3 is 2.20 bits per heavy atom. The van der Waals surface area contributed by atoms with Crippen LogP contribution in [-0.4, -0.2) is 22.6 Å². The van der Waals surface area contributed by atoms with E-state index in [-0.39, 0.29) is 12.1 Å². The van der Waals surface area contributed by atoms with Crippen LogP contribution in [0.1, 0.15) is 79.2 Å². The van der Waals surface area contributed by atoms with E-state index in [0.29, 0.717) is 12.5 Å². The van der Waals surface area contributed by atoms with E-state index in [1.54, 1.807) is 0 Å². The lowest BCUT2D eigenvalue weighted by Crippen LogP contribution is -2.46. The van der Waals surface area contributed by atoms with Crippen molar-refractivity contribution in [1.29, 1.82) is 0 Å². The first-order valence-corrected chi connectivity index (χ1v) is 9.82. The van der Waals surface area contributed by atoms with Crippen molar-refractivity contribution in [2.75, 3.05) is 0 Å². The second-order valence-corrected chi connectivity index (χ2v) is 8.13. The molecule has 0 unspecified atom stereocenters. The summed E-state index contributed by atoms with van der Waals surface area (Å²) in [7, 11) is 0. The minimum Gasteiger partial charge on any atom is -0.444 e. The van der Waals surface area contributed by atoms with Gasteiger partial charge in [-0.2, -0.15) is 0 Å². The van der Waals surface area contributed by atoms with E-state index >= 15 is 0 Å². The second kappa shape index (κ2) is 10.5. The summed E-state index contributed by atoms with van der Waals surface area (Å²) in [5.41, 5.74) is 0.704. The average Bonchev–Trinajstić information content (AvgIpc) is 2.53. The zero-order valence-corrected chi connectivity index (χ0v) is 17.0. The molecule has 2 rings (SSSR count). The largest absolute Gasteiger partial charge is 0.444 e. The standard InChI is InChI=1S/C19H29NO2.C3H8/c1-15-10-8-9-13-17(15)20(18(21)22-19(2,3)4)14-16-11-6-5-7-12-16;1-3-2/h5-7,11-12,15,17H,8-10,13-14H2,1-4H3;3H2,1-2H3/t15-,17+;/m0./s1. The maximum atomic E-state index is 12.7. The first-order valence-electron chi connectivity index (χ1n) is 9.82. The molecule has 142 valence electrons. The van der Waals surface area contributed by atoms with Crippen LogP contribution in [0.3, 0.4) is 0 Å². The van der Waals surface area contributed by atoms with Crippen molar-refractivity contribution in [2.24, 2.45) is 5.92 Å². The van der Waals surface area contributed by atoms with Crippen molar-refractivity contribution in [3.05, 3.63) is 35.9 Å². The van der Waals surface area contributed by atoms with Crippen LogP contribution in [0, 0.1) is 5.92 Å². The lowest BCUT2D eigenvalue weighted by molar-refractivity contribution is 0.00276. The van der Waals surface area contributed by atoms with Crippen LogP contribution < -0.4 is 0 Å². The molecule has 3 heteroatoms. The summed E-state index contributed by atoms with van der Waals surface area (Å²) in [5, 5.41) is 0. The molecule has 1 aromatic rings. The van der Waals surface area contributed by atoms with E-state index in [2.05, 4.69) is 32.9 Å². The predicted molar refractivity (Wildman–Crippen MR) is 106 cm³/mol. The number of ether oxygens (including phenoxy) is 1. The molecule has 25 heavy (non-hydrogen) atoms. The fourth-order valence-corrected chi connectivity index (χ4v) is 3.18. The molecular formula is C22H37NO2. The molecule has 1 fully saturated rings. The zero-order valence-electron chi connectivity index (χ0n) is 17.0. The highest BCUT2D eigenvalue weighted by molar-refractivity contribution is 5.68. The maximum absolute atomic E-state index is 12.7. The number of hydrogen-bond acceptors (Lipinski definition) is 2. The SMILES string of the molecule is CCC.C[C@H]1CCCC[C@H]1N(Cc1ccccc1)C(=O)OC(C)(C)C. The number of amides is 1. The van der Waals surface area contributed by atoms with Crippen LogP contribution in [0.5, 0.6) is 0 Å². The Morgan fingerprint density at radius 2 is 1.68 bits per heavy atom. The molecule has 0 bridgehead atoms. The third-order valence-corrected chi connectivity index (χ3v) is 4.29. The van der Waals surface area contributed by atoms with Gasteiger partial charge in [-0.05, 0) is 45.1 Å². The van der Waals surface area contributed by atoms with Gasteiger partial charge >= 0.3 is 6.09 Å². The molecule has 1 amide bonds. The Balaban J connectivity index is 0.000000970. The van der Waals surface area contributed by atoms with E-state index in [1.165, 1.54) is 25.7 Å². The Bertz CT molecular complexity index is 492. The van der Waals surface area contributed by atoms with Crippen LogP contribution in [0.25, 0.3) is 0 Å². The minimum absolute atomic E-state index is 0.185. The molecule has 2 atom stereocenters.